The van der Waals surface area contributed by atoms with E-state index in [2.05, 4.69) is 41.8 Å². The second-order valence-electron chi connectivity index (χ2n) is 4.51. The minimum Gasteiger partial charge on any atom is -0.432 e. The Morgan fingerprint density at radius 2 is 1.95 bits per heavy atom. The zero-order valence-electron chi connectivity index (χ0n) is 11.2. The first-order chi connectivity index (χ1) is 9.86. The average Bonchev–Trinajstić information content (AvgIpc) is 2.40. The highest BCUT2D eigenvalue weighted by Crippen LogP contribution is 2.33. The highest BCUT2D eigenvalue weighted by molar-refractivity contribution is 9.10. The summed E-state index contributed by atoms with van der Waals surface area (Å²) in [5.41, 5.74) is -0.134. The summed E-state index contributed by atoms with van der Waals surface area (Å²) in [6, 6.07) is 6.14. The molecule has 0 aliphatic heterocycles. The predicted molar refractivity (Wildman–Crippen MR) is 84.7 cm³/mol. The van der Waals surface area contributed by atoms with Crippen molar-refractivity contribution in [3.05, 3.63) is 49.3 Å². The Bertz CT molecular complexity index is 692. The van der Waals surface area contributed by atoms with Gasteiger partial charge in [-0.05, 0) is 28.1 Å². The molecule has 21 heavy (non-hydrogen) atoms. The Labute approximate surface area is 138 Å². The molecule has 0 bridgehead atoms. The molecule has 1 aromatic heterocycles. The minimum atomic E-state index is -0.500. The van der Waals surface area contributed by atoms with Crippen LogP contribution in [0, 0.1) is 10.1 Å². The first-order valence-electron chi connectivity index (χ1n) is 6.03. The number of hydrogen-bond acceptors (Lipinski definition) is 5. The molecule has 0 atom stereocenters. The zero-order chi connectivity index (χ0) is 15.6. The van der Waals surface area contributed by atoms with Crippen molar-refractivity contribution in [2.75, 3.05) is 0 Å². The summed E-state index contributed by atoms with van der Waals surface area (Å²) in [6.45, 7) is 3.90. The molecule has 0 saturated carbocycles. The van der Waals surface area contributed by atoms with Crippen molar-refractivity contribution in [2.24, 2.45) is 0 Å². The summed E-state index contributed by atoms with van der Waals surface area (Å²) in [4.78, 5) is 19.1. The molecular weight excluding hydrogens is 406 g/mol. The molecule has 0 spiro atoms. The molecule has 0 fully saturated rings. The number of nitro benzene ring substituents is 1. The average molecular weight is 417 g/mol. The largest absolute Gasteiger partial charge is 0.432 e. The van der Waals surface area contributed by atoms with Gasteiger partial charge in [0.1, 0.15) is 10.4 Å². The first kappa shape index (κ1) is 15.8. The van der Waals surface area contributed by atoms with E-state index in [0.717, 1.165) is 0 Å². The lowest BCUT2D eigenvalue weighted by Gasteiger charge is -2.09. The SMILES string of the molecule is CC(C)c1nc(Br)cc(Oc2ccc(Br)cc2[N+](=O)[O-])n1. The number of nitro groups is 1. The normalized spacial score (nSPS) is 10.7. The number of nitrogens with zero attached hydrogens (tertiary/aromatic N) is 3. The fraction of sp³-hybridized carbons (Fsp3) is 0.231. The van der Waals surface area contributed by atoms with Crippen LogP contribution in [-0.2, 0) is 0 Å². The van der Waals surface area contributed by atoms with Crippen LogP contribution < -0.4 is 4.74 Å². The van der Waals surface area contributed by atoms with E-state index in [9.17, 15) is 10.1 Å². The van der Waals surface area contributed by atoms with E-state index in [-0.39, 0.29) is 23.2 Å². The number of benzene rings is 1. The van der Waals surface area contributed by atoms with Crippen LogP contribution in [-0.4, -0.2) is 14.9 Å². The highest BCUT2D eigenvalue weighted by atomic mass is 79.9. The molecule has 1 aromatic carbocycles. The van der Waals surface area contributed by atoms with Gasteiger partial charge >= 0.3 is 5.69 Å². The summed E-state index contributed by atoms with van der Waals surface area (Å²) in [5.74, 6) is 1.10. The molecular formula is C13H11Br2N3O3. The number of hydrogen-bond donors (Lipinski definition) is 0. The van der Waals surface area contributed by atoms with Crippen molar-refractivity contribution in [1.82, 2.24) is 9.97 Å². The van der Waals surface area contributed by atoms with E-state index in [0.29, 0.717) is 14.9 Å². The smallest absolute Gasteiger partial charge is 0.312 e. The molecule has 6 nitrogen and oxygen atoms in total. The summed E-state index contributed by atoms with van der Waals surface area (Å²) in [6.07, 6.45) is 0. The number of aromatic nitrogens is 2. The number of rotatable bonds is 4. The predicted octanol–water partition coefficient (Wildman–Crippen LogP) is 4.83. The van der Waals surface area contributed by atoms with Crippen LogP contribution in [0.1, 0.15) is 25.6 Å². The van der Waals surface area contributed by atoms with Gasteiger partial charge in [-0.1, -0.05) is 29.8 Å². The van der Waals surface area contributed by atoms with Crippen LogP contribution in [0.5, 0.6) is 11.6 Å². The van der Waals surface area contributed by atoms with E-state index in [1.54, 1.807) is 12.1 Å². The van der Waals surface area contributed by atoms with Crippen LogP contribution in [0.25, 0.3) is 0 Å². The lowest BCUT2D eigenvalue weighted by molar-refractivity contribution is -0.385. The van der Waals surface area contributed by atoms with Gasteiger partial charge in [0.2, 0.25) is 11.6 Å². The highest BCUT2D eigenvalue weighted by Gasteiger charge is 2.18. The van der Waals surface area contributed by atoms with Crippen LogP contribution in [0.2, 0.25) is 0 Å². The Hall–Kier alpha value is -1.54. The van der Waals surface area contributed by atoms with Gasteiger partial charge in [0, 0.05) is 22.5 Å². The summed E-state index contributed by atoms with van der Waals surface area (Å²) >= 11 is 6.48. The Morgan fingerprint density at radius 1 is 1.24 bits per heavy atom. The maximum Gasteiger partial charge on any atom is 0.312 e. The van der Waals surface area contributed by atoms with E-state index in [1.807, 2.05) is 13.8 Å². The van der Waals surface area contributed by atoms with Crippen molar-refractivity contribution in [1.29, 1.82) is 0 Å². The summed E-state index contributed by atoms with van der Waals surface area (Å²) in [5, 5.41) is 11.1. The van der Waals surface area contributed by atoms with Crippen molar-refractivity contribution in [3.63, 3.8) is 0 Å². The molecule has 0 amide bonds. The Kier molecular flexibility index (Phi) is 4.89. The molecule has 0 N–H and O–H groups in total. The third-order valence-corrected chi connectivity index (χ3v) is 3.44. The molecule has 0 unspecified atom stereocenters. The fourth-order valence-electron chi connectivity index (χ4n) is 1.56. The van der Waals surface area contributed by atoms with Gasteiger partial charge < -0.3 is 4.74 Å². The van der Waals surface area contributed by atoms with Crippen molar-refractivity contribution in [3.8, 4) is 11.6 Å². The van der Waals surface area contributed by atoms with Crippen LogP contribution in [0.4, 0.5) is 5.69 Å². The third-order valence-electron chi connectivity index (χ3n) is 2.54. The molecule has 0 aliphatic rings. The van der Waals surface area contributed by atoms with Gasteiger partial charge in [-0.15, -0.1) is 0 Å². The van der Waals surface area contributed by atoms with Crippen LogP contribution in [0.15, 0.2) is 33.3 Å². The van der Waals surface area contributed by atoms with Gasteiger partial charge in [0.15, 0.2) is 0 Å². The monoisotopic (exact) mass is 415 g/mol. The van der Waals surface area contributed by atoms with E-state index >= 15 is 0 Å². The quantitative estimate of drug-likeness (QED) is 0.405. The first-order valence-corrected chi connectivity index (χ1v) is 7.61. The number of halogens is 2. The van der Waals surface area contributed by atoms with E-state index in [4.69, 9.17) is 4.74 Å². The molecule has 8 heteroatoms. The molecule has 2 rings (SSSR count). The minimum absolute atomic E-state index is 0.116. The van der Waals surface area contributed by atoms with Crippen molar-refractivity contribution in [2.45, 2.75) is 19.8 Å². The van der Waals surface area contributed by atoms with Crippen molar-refractivity contribution < 1.29 is 9.66 Å². The zero-order valence-corrected chi connectivity index (χ0v) is 14.4. The fourth-order valence-corrected chi connectivity index (χ4v) is 2.28. The van der Waals surface area contributed by atoms with Gasteiger partial charge in [0.05, 0.1) is 4.92 Å². The molecule has 110 valence electrons. The lowest BCUT2D eigenvalue weighted by atomic mass is 10.2. The summed E-state index contributed by atoms with van der Waals surface area (Å²) in [7, 11) is 0. The van der Waals surface area contributed by atoms with Gasteiger partial charge in [0.25, 0.3) is 0 Å². The maximum atomic E-state index is 11.1. The topological polar surface area (TPSA) is 78.2 Å². The van der Waals surface area contributed by atoms with Crippen LogP contribution >= 0.6 is 31.9 Å². The van der Waals surface area contributed by atoms with Gasteiger partial charge in [-0.2, -0.15) is 4.98 Å². The second-order valence-corrected chi connectivity index (χ2v) is 6.24. The van der Waals surface area contributed by atoms with Gasteiger partial charge in [-0.3, -0.25) is 10.1 Å². The van der Waals surface area contributed by atoms with E-state index in [1.165, 1.54) is 12.1 Å². The summed E-state index contributed by atoms with van der Waals surface area (Å²) < 4.78 is 6.72. The molecule has 0 aliphatic carbocycles. The molecule has 2 aromatic rings. The molecule has 0 saturated heterocycles. The van der Waals surface area contributed by atoms with Crippen molar-refractivity contribution >= 4 is 37.5 Å². The maximum absolute atomic E-state index is 11.1. The van der Waals surface area contributed by atoms with Gasteiger partial charge in [-0.25, -0.2) is 4.98 Å². The van der Waals surface area contributed by atoms with E-state index < -0.39 is 4.92 Å². The third kappa shape index (κ3) is 3.98. The Morgan fingerprint density at radius 3 is 2.57 bits per heavy atom. The standard InChI is InChI=1S/C13H11Br2N3O3/c1-7(2)13-16-11(15)6-12(17-13)21-10-4-3-8(14)5-9(10)18(19)20/h3-7H,1-2H3. The molecule has 0 radical (unpaired) electrons. The van der Waals surface area contributed by atoms with Crippen LogP contribution in [0.3, 0.4) is 0 Å². The second kappa shape index (κ2) is 6.48. The number of ether oxygens (including phenoxy) is 1. The Balaban J connectivity index is 2.41. The molecule has 1 heterocycles. The lowest BCUT2D eigenvalue weighted by Crippen LogP contribution is -2.01.